The van der Waals surface area contributed by atoms with Crippen LogP contribution in [0.1, 0.15) is 41.5 Å². The molecule has 0 heterocycles. The predicted molar refractivity (Wildman–Crippen MR) is 92.3 cm³/mol. The van der Waals surface area contributed by atoms with E-state index in [1.54, 1.807) is 0 Å². The molecule has 0 aromatic rings. The molecule has 0 saturated heterocycles. The van der Waals surface area contributed by atoms with Crippen LogP contribution in [0, 0.1) is 24.0 Å². The molecule has 0 aromatic carbocycles. The van der Waals surface area contributed by atoms with Crippen molar-refractivity contribution in [3.05, 3.63) is 46.6 Å². The Balaban J connectivity index is -0.000000236. The van der Waals surface area contributed by atoms with Crippen LogP contribution < -0.4 is 0 Å². The summed E-state index contributed by atoms with van der Waals surface area (Å²) in [7, 11) is 0. The Hall–Kier alpha value is 0.293. The van der Waals surface area contributed by atoms with Crippen LogP contribution in [0.5, 0.6) is 0 Å². The topological polar surface area (TPSA) is 0 Å². The van der Waals surface area contributed by atoms with E-state index in [9.17, 15) is 0 Å². The summed E-state index contributed by atoms with van der Waals surface area (Å²) in [5.41, 5.74) is 5.42. The molecule has 2 aliphatic carbocycles. The van der Waals surface area contributed by atoms with E-state index in [4.69, 9.17) is 0 Å². The molecule has 0 amide bonds. The molecule has 0 N–H and O–H groups in total. The Morgan fingerprint density at radius 2 is 1.50 bits per heavy atom. The summed E-state index contributed by atoms with van der Waals surface area (Å²) >= 11 is 1.30. The van der Waals surface area contributed by atoms with Gasteiger partial charge in [-0.2, -0.15) is 11.6 Å². The van der Waals surface area contributed by atoms with Gasteiger partial charge in [-0.25, -0.2) is 22.8 Å². The zero-order valence-corrected chi connectivity index (χ0v) is 17.4. The van der Waals surface area contributed by atoms with Gasteiger partial charge in [0.05, 0.1) is 0 Å². The van der Waals surface area contributed by atoms with Gasteiger partial charge in [0.2, 0.25) is 0 Å². The molecular weight excluding hydrogens is 366 g/mol. The molecule has 2 atom stereocenters. The molecule has 3 heteroatoms. The molecule has 112 valence electrons. The van der Waals surface area contributed by atoms with Crippen LogP contribution in [-0.4, -0.2) is 4.21 Å². The normalized spacial score (nSPS) is 22.4. The van der Waals surface area contributed by atoms with Crippen LogP contribution in [0.2, 0.25) is 0 Å². The Morgan fingerprint density at radius 3 is 1.60 bits per heavy atom. The Bertz CT molecular complexity index is 385. The van der Waals surface area contributed by atoms with Crippen LogP contribution >= 0.6 is 24.8 Å². The summed E-state index contributed by atoms with van der Waals surface area (Å²) in [6.07, 6.45) is 11.0. The van der Waals surface area contributed by atoms with Gasteiger partial charge in [-0.3, -0.25) is 12.2 Å². The third kappa shape index (κ3) is 9.27. The molecule has 0 aromatic heterocycles. The van der Waals surface area contributed by atoms with Crippen molar-refractivity contribution in [2.24, 2.45) is 11.8 Å². The van der Waals surface area contributed by atoms with Crippen LogP contribution in [0.25, 0.3) is 0 Å². The minimum atomic E-state index is 0. The maximum absolute atomic E-state index is 3.34. The van der Waals surface area contributed by atoms with E-state index in [0.29, 0.717) is 11.8 Å². The molecule has 0 aliphatic heterocycles. The van der Waals surface area contributed by atoms with Gasteiger partial charge in [0.15, 0.2) is 0 Å². The second kappa shape index (κ2) is 13.0. The fourth-order valence-electron chi connectivity index (χ4n) is 1.96. The molecule has 2 rings (SSSR count). The van der Waals surface area contributed by atoms with E-state index >= 15 is 0 Å². The standard InChI is InChI=1S/2C8H11.CH2.2ClH.Zr/c2*1-6-4-7(2)8(3)5-6;;;;/h4,8H,1-3H3;4,6H,1-3H3;1H2;2*1H;/q2*-1;;;;+2. The Labute approximate surface area is 152 Å². The monoisotopic (exact) mass is 390 g/mol. The number of hydrogen-bond donors (Lipinski definition) is 0. The van der Waals surface area contributed by atoms with Gasteiger partial charge in [0, 0.05) is 0 Å². The molecular formula is C17H26Cl2Zr. The van der Waals surface area contributed by atoms with E-state index in [2.05, 4.69) is 70.1 Å². The first kappa shape index (κ1) is 25.3. The zero-order chi connectivity index (χ0) is 14.3. The number of hydrogen-bond acceptors (Lipinski definition) is 0. The first-order valence-electron chi connectivity index (χ1n) is 6.32. The van der Waals surface area contributed by atoms with E-state index in [1.165, 1.54) is 46.5 Å². The van der Waals surface area contributed by atoms with Gasteiger partial charge in [-0.15, -0.1) is 31.7 Å². The molecule has 0 saturated carbocycles. The van der Waals surface area contributed by atoms with Gasteiger partial charge >= 0.3 is 28.4 Å². The SMILES string of the molecule is CC1=[C-]C(C)C(C)=C1.CC1=[C-]C(C)C=C1C.Cl.Cl.[CH2]=[Zr+2]. The van der Waals surface area contributed by atoms with E-state index < -0.39 is 0 Å². The van der Waals surface area contributed by atoms with E-state index in [1.807, 2.05) is 0 Å². The average molecular weight is 393 g/mol. The molecule has 0 spiro atoms. The zero-order valence-electron chi connectivity index (χ0n) is 13.3. The van der Waals surface area contributed by atoms with Crippen LogP contribution in [0.3, 0.4) is 0 Å². The van der Waals surface area contributed by atoms with Crippen molar-refractivity contribution >= 4 is 29.0 Å². The molecule has 2 aliphatic rings. The van der Waals surface area contributed by atoms with Crippen molar-refractivity contribution in [3.63, 3.8) is 0 Å². The number of halogens is 2. The first-order chi connectivity index (χ1) is 8.40. The van der Waals surface area contributed by atoms with Gasteiger partial charge in [-0.05, 0) is 0 Å². The summed E-state index contributed by atoms with van der Waals surface area (Å²) in [5.74, 6) is 1.12. The van der Waals surface area contributed by atoms with Gasteiger partial charge in [-0.1, -0.05) is 46.5 Å². The molecule has 2 unspecified atom stereocenters. The maximum atomic E-state index is 3.34. The molecule has 0 fully saturated rings. The van der Waals surface area contributed by atoms with Crippen LogP contribution in [-0.2, 0) is 24.2 Å². The first-order valence-corrected chi connectivity index (χ1v) is 8.06. The van der Waals surface area contributed by atoms with Crippen molar-refractivity contribution in [1.29, 1.82) is 0 Å². The van der Waals surface area contributed by atoms with Gasteiger partial charge in [0.1, 0.15) is 0 Å². The Kier molecular flexibility index (Phi) is 16.4. The summed E-state index contributed by atoms with van der Waals surface area (Å²) in [6.45, 7) is 12.8. The van der Waals surface area contributed by atoms with Crippen molar-refractivity contribution in [1.82, 2.24) is 0 Å². The molecule has 0 nitrogen and oxygen atoms in total. The quantitative estimate of drug-likeness (QED) is 0.479. The van der Waals surface area contributed by atoms with Crippen molar-refractivity contribution in [3.8, 4) is 0 Å². The van der Waals surface area contributed by atoms with Crippen LogP contribution in [0.4, 0.5) is 0 Å². The second-order valence-electron chi connectivity index (χ2n) is 4.85. The molecule has 0 radical (unpaired) electrons. The fourth-order valence-corrected chi connectivity index (χ4v) is 1.96. The van der Waals surface area contributed by atoms with E-state index in [-0.39, 0.29) is 24.8 Å². The van der Waals surface area contributed by atoms with Crippen molar-refractivity contribution in [2.75, 3.05) is 0 Å². The summed E-state index contributed by atoms with van der Waals surface area (Å²) < 4.78 is 3.34. The fraction of sp³-hybridized carbons (Fsp3) is 0.471. The second-order valence-corrected chi connectivity index (χ2v) is 4.85. The predicted octanol–water partition coefficient (Wildman–Crippen LogP) is 5.47. The number of allylic oxidation sites excluding steroid dienone is 8. The summed E-state index contributed by atoms with van der Waals surface area (Å²) in [4.78, 5) is 0. The van der Waals surface area contributed by atoms with Crippen molar-refractivity contribution in [2.45, 2.75) is 41.5 Å². The Morgan fingerprint density at radius 1 is 1.00 bits per heavy atom. The minimum absolute atomic E-state index is 0. The number of rotatable bonds is 0. The summed E-state index contributed by atoms with van der Waals surface area (Å²) in [5, 5.41) is 0. The third-order valence-corrected chi connectivity index (χ3v) is 3.11. The van der Waals surface area contributed by atoms with Crippen molar-refractivity contribution < 1.29 is 24.2 Å². The summed E-state index contributed by atoms with van der Waals surface area (Å²) in [6, 6.07) is 0. The molecule has 20 heavy (non-hydrogen) atoms. The van der Waals surface area contributed by atoms with Crippen LogP contribution in [0.15, 0.2) is 34.4 Å². The van der Waals surface area contributed by atoms with Gasteiger partial charge < -0.3 is 0 Å². The average Bonchev–Trinajstić information content (AvgIpc) is 2.74. The van der Waals surface area contributed by atoms with E-state index in [0.717, 1.165) is 0 Å². The van der Waals surface area contributed by atoms with Gasteiger partial charge in [0.25, 0.3) is 0 Å². The third-order valence-electron chi connectivity index (χ3n) is 3.11. The molecule has 0 bridgehead atoms.